The van der Waals surface area contributed by atoms with Crippen molar-refractivity contribution in [2.45, 2.75) is 6.92 Å². The molecule has 0 aromatic carbocycles. The van der Waals surface area contributed by atoms with Crippen molar-refractivity contribution in [2.24, 2.45) is 0 Å². The van der Waals surface area contributed by atoms with Gasteiger partial charge >= 0.3 is 0 Å². The van der Waals surface area contributed by atoms with Crippen molar-refractivity contribution >= 4 is 13.3 Å². The Labute approximate surface area is 42.9 Å². The van der Waals surface area contributed by atoms with Crippen LogP contribution in [0.5, 0.6) is 0 Å². The lowest BCUT2D eigenvalue weighted by molar-refractivity contribution is 0.415. The van der Waals surface area contributed by atoms with Gasteiger partial charge in [-0.2, -0.15) is 0 Å². The van der Waals surface area contributed by atoms with Crippen LogP contribution in [0.3, 0.4) is 0 Å². The standard InChI is InChI=1S/C4H6BNO/c1-3-4(5)2-7-6-3/h2H,5H2,1H3. The molecule has 0 aliphatic heterocycles. The number of aryl methyl sites for hydroxylation is 1. The summed E-state index contributed by atoms with van der Waals surface area (Å²) in [6, 6.07) is 0. The fourth-order valence-electron chi connectivity index (χ4n) is 0.342. The highest BCUT2D eigenvalue weighted by molar-refractivity contribution is 6.32. The highest BCUT2D eigenvalue weighted by Crippen LogP contribution is 1.82. The predicted octanol–water partition coefficient (Wildman–Crippen LogP) is -0.759. The minimum absolute atomic E-state index is 0.972. The average Bonchev–Trinajstić information content (AvgIpc) is 1.91. The summed E-state index contributed by atoms with van der Waals surface area (Å²) in [6.45, 7) is 1.92. The van der Waals surface area contributed by atoms with E-state index in [9.17, 15) is 0 Å². The van der Waals surface area contributed by atoms with Crippen LogP contribution >= 0.6 is 0 Å². The van der Waals surface area contributed by atoms with Crippen molar-refractivity contribution in [1.82, 2.24) is 5.16 Å². The average molecular weight is 94.9 g/mol. The van der Waals surface area contributed by atoms with Gasteiger partial charge in [0.1, 0.15) is 14.1 Å². The second-order valence-electron chi connectivity index (χ2n) is 1.58. The number of hydrogen-bond acceptors (Lipinski definition) is 2. The first-order valence-electron chi connectivity index (χ1n) is 2.18. The summed E-state index contributed by atoms with van der Waals surface area (Å²) >= 11 is 0. The molecule has 0 spiro atoms. The smallest absolute Gasteiger partial charge is 0.146 e. The minimum atomic E-state index is 0.972. The molecule has 0 aliphatic rings. The molecule has 0 aliphatic carbocycles. The van der Waals surface area contributed by atoms with Gasteiger partial charge in [-0.25, -0.2) is 0 Å². The first-order valence-corrected chi connectivity index (χ1v) is 2.18. The normalized spacial score (nSPS) is 9.29. The molecule has 1 heterocycles. The zero-order valence-corrected chi connectivity index (χ0v) is 4.43. The summed E-state index contributed by atoms with van der Waals surface area (Å²) in [5, 5.41) is 3.64. The Kier molecular flexibility index (Phi) is 0.892. The molecule has 0 atom stereocenters. The summed E-state index contributed by atoms with van der Waals surface area (Å²) in [7, 11) is 1.96. The molecule has 0 N–H and O–H groups in total. The maximum atomic E-state index is 4.59. The molecular weight excluding hydrogens is 88.9 g/mol. The highest BCUT2D eigenvalue weighted by atomic mass is 16.5. The Morgan fingerprint density at radius 2 is 2.57 bits per heavy atom. The lowest BCUT2D eigenvalue weighted by Gasteiger charge is -1.73. The summed E-state index contributed by atoms with van der Waals surface area (Å²) in [4.78, 5) is 0. The quantitative estimate of drug-likeness (QED) is 0.396. The van der Waals surface area contributed by atoms with Gasteiger partial charge < -0.3 is 4.52 Å². The Morgan fingerprint density at radius 1 is 1.86 bits per heavy atom. The van der Waals surface area contributed by atoms with Crippen molar-refractivity contribution in [3.05, 3.63) is 12.0 Å². The predicted molar refractivity (Wildman–Crippen MR) is 29.4 cm³/mol. The van der Waals surface area contributed by atoms with Crippen molar-refractivity contribution in [2.75, 3.05) is 0 Å². The fourth-order valence-corrected chi connectivity index (χ4v) is 0.342. The van der Waals surface area contributed by atoms with Gasteiger partial charge in [0.05, 0.1) is 5.69 Å². The van der Waals surface area contributed by atoms with E-state index in [1.54, 1.807) is 6.26 Å². The molecule has 1 aromatic rings. The van der Waals surface area contributed by atoms with Crippen LogP contribution in [0, 0.1) is 6.92 Å². The summed E-state index contributed by atoms with van der Waals surface area (Å²) in [5.41, 5.74) is 2.08. The lowest BCUT2D eigenvalue weighted by Crippen LogP contribution is -2.00. The Hall–Kier alpha value is -0.725. The molecular formula is C4H6BNO. The van der Waals surface area contributed by atoms with Crippen molar-refractivity contribution < 1.29 is 4.52 Å². The number of rotatable bonds is 0. The zero-order valence-electron chi connectivity index (χ0n) is 4.43. The van der Waals surface area contributed by atoms with Gasteiger partial charge in [-0.3, -0.25) is 0 Å². The van der Waals surface area contributed by atoms with E-state index in [2.05, 4.69) is 9.68 Å². The van der Waals surface area contributed by atoms with Gasteiger partial charge in [0, 0.05) is 0 Å². The van der Waals surface area contributed by atoms with E-state index in [-0.39, 0.29) is 0 Å². The van der Waals surface area contributed by atoms with Crippen molar-refractivity contribution in [3.8, 4) is 0 Å². The van der Waals surface area contributed by atoms with E-state index in [0.717, 1.165) is 11.2 Å². The number of nitrogens with zero attached hydrogens (tertiary/aromatic N) is 1. The Balaban J connectivity index is 3.12. The monoisotopic (exact) mass is 95.1 g/mol. The summed E-state index contributed by atoms with van der Waals surface area (Å²) < 4.78 is 4.59. The van der Waals surface area contributed by atoms with Crippen LogP contribution in [-0.2, 0) is 0 Å². The second kappa shape index (κ2) is 1.41. The lowest BCUT2D eigenvalue weighted by atomic mass is 9.98. The van der Waals surface area contributed by atoms with Gasteiger partial charge in [-0.1, -0.05) is 5.16 Å². The van der Waals surface area contributed by atoms with Crippen LogP contribution in [0.2, 0.25) is 0 Å². The maximum Gasteiger partial charge on any atom is 0.146 e. The van der Waals surface area contributed by atoms with Gasteiger partial charge in [-0.05, 0) is 12.4 Å². The topological polar surface area (TPSA) is 26.0 Å². The van der Waals surface area contributed by atoms with Gasteiger partial charge in [-0.15, -0.1) is 0 Å². The van der Waals surface area contributed by atoms with Crippen LogP contribution in [0.25, 0.3) is 0 Å². The van der Waals surface area contributed by atoms with Crippen molar-refractivity contribution in [3.63, 3.8) is 0 Å². The molecule has 7 heavy (non-hydrogen) atoms. The Bertz CT molecular complexity index is 144. The van der Waals surface area contributed by atoms with Crippen LogP contribution in [0.1, 0.15) is 5.69 Å². The summed E-state index contributed by atoms with van der Waals surface area (Å²) in [5.74, 6) is 0. The molecule has 3 heteroatoms. The minimum Gasteiger partial charge on any atom is -0.365 e. The van der Waals surface area contributed by atoms with E-state index >= 15 is 0 Å². The summed E-state index contributed by atoms with van der Waals surface area (Å²) in [6.07, 6.45) is 1.63. The van der Waals surface area contributed by atoms with Gasteiger partial charge in [0.15, 0.2) is 0 Å². The molecule has 0 unspecified atom stereocenters. The van der Waals surface area contributed by atoms with Gasteiger partial charge in [0.2, 0.25) is 0 Å². The molecule has 36 valence electrons. The fraction of sp³-hybridized carbons (Fsp3) is 0.250. The first-order chi connectivity index (χ1) is 3.30. The van der Waals surface area contributed by atoms with E-state index in [4.69, 9.17) is 0 Å². The van der Waals surface area contributed by atoms with Crippen LogP contribution in [0.15, 0.2) is 10.8 Å². The van der Waals surface area contributed by atoms with Gasteiger partial charge in [0.25, 0.3) is 0 Å². The van der Waals surface area contributed by atoms with Crippen LogP contribution in [0.4, 0.5) is 0 Å². The SMILES string of the molecule is Bc1conc1C. The maximum absolute atomic E-state index is 4.59. The van der Waals surface area contributed by atoms with E-state index in [1.165, 1.54) is 0 Å². The molecule has 1 aromatic heterocycles. The largest absolute Gasteiger partial charge is 0.365 e. The molecule has 0 amide bonds. The third kappa shape index (κ3) is 0.658. The third-order valence-corrected chi connectivity index (χ3v) is 0.990. The third-order valence-electron chi connectivity index (χ3n) is 0.990. The number of aromatic nitrogens is 1. The molecule has 1 rings (SSSR count). The molecule has 0 bridgehead atoms. The van der Waals surface area contributed by atoms with Crippen molar-refractivity contribution in [1.29, 1.82) is 0 Å². The first kappa shape index (κ1) is 4.43. The molecule has 0 fully saturated rings. The Morgan fingerprint density at radius 3 is 2.71 bits per heavy atom. The highest BCUT2D eigenvalue weighted by Gasteiger charge is 1.90. The molecule has 0 radical (unpaired) electrons. The zero-order chi connectivity index (χ0) is 5.28. The molecule has 0 saturated heterocycles. The van der Waals surface area contributed by atoms with E-state index in [0.29, 0.717) is 0 Å². The molecule has 0 saturated carbocycles. The number of hydrogen-bond donors (Lipinski definition) is 0. The van der Waals surface area contributed by atoms with Crippen LogP contribution in [-0.4, -0.2) is 13.0 Å². The second-order valence-corrected chi connectivity index (χ2v) is 1.58. The van der Waals surface area contributed by atoms with E-state index < -0.39 is 0 Å². The van der Waals surface area contributed by atoms with E-state index in [1.807, 2.05) is 14.8 Å². The molecule has 2 nitrogen and oxygen atoms in total. The van der Waals surface area contributed by atoms with Crippen LogP contribution < -0.4 is 5.46 Å².